The van der Waals surface area contributed by atoms with Gasteiger partial charge in [0.1, 0.15) is 0 Å². The van der Waals surface area contributed by atoms with Crippen molar-refractivity contribution < 1.29 is 0 Å². The van der Waals surface area contributed by atoms with Crippen molar-refractivity contribution in [3.63, 3.8) is 0 Å². The van der Waals surface area contributed by atoms with Crippen molar-refractivity contribution in [2.24, 2.45) is 11.7 Å². The van der Waals surface area contributed by atoms with E-state index in [1.54, 1.807) is 0 Å². The van der Waals surface area contributed by atoms with Crippen molar-refractivity contribution >= 4 is 11.3 Å². The molecule has 1 aromatic rings. The van der Waals surface area contributed by atoms with Gasteiger partial charge in [0.25, 0.3) is 0 Å². The molecule has 1 nitrogen and oxygen atoms in total. The van der Waals surface area contributed by atoms with Crippen LogP contribution in [-0.2, 0) is 6.42 Å². The maximum Gasteiger partial charge on any atom is 0.0152 e. The van der Waals surface area contributed by atoms with Gasteiger partial charge in [0, 0.05) is 10.4 Å². The smallest absolute Gasteiger partial charge is 0.0152 e. The van der Waals surface area contributed by atoms with Crippen molar-refractivity contribution in [3.8, 4) is 0 Å². The van der Waals surface area contributed by atoms with Gasteiger partial charge in [-0.25, -0.2) is 0 Å². The normalized spacial score (nSPS) is 16.1. The van der Waals surface area contributed by atoms with Gasteiger partial charge in [-0.15, -0.1) is 11.3 Å². The van der Waals surface area contributed by atoms with E-state index in [0.29, 0.717) is 5.92 Å². The zero-order chi connectivity index (χ0) is 9.90. The number of rotatable bonds is 4. The molecule has 0 spiro atoms. The van der Waals surface area contributed by atoms with Crippen LogP contribution in [0.2, 0.25) is 0 Å². The molecule has 1 rings (SSSR count). The summed E-state index contributed by atoms with van der Waals surface area (Å²) >= 11 is 1.82. The highest BCUT2D eigenvalue weighted by Gasteiger charge is 2.22. The first-order valence-corrected chi connectivity index (χ1v) is 5.71. The summed E-state index contributed by atoms with van der Waals surface area (Å²) in [4.78, 5) is 1.44. The molecular formula is C11H19NS. The topological polar surface area (TPSA) is 26.0 Å². The fourth-order valence-corrected chi connectivity index (χ4v) is 1.85. The minimum absolute atomic E-state index is 0.0238. The van der Waals surface area contributed by atoms with Gasteiger partial charge in [0.2, 0.25) is 0 Å². The molecule has 0 aliphatic heterocycles. The Balaban J connectivity index is 2.42. The van der Waals surface area contributed by atoms with Crippen LogP contribution < -0.4 is 5.73 Å². The number of aryl methyl sites for hydroxylation is 1. The third kappa shape index (κ3) is 3.12. The van der Waals surface area contributed by atoms with Crippen LogP contribution in [0.3, 0.4) is 0 Å². The molecule has 1 unspecified atom stereocenters. The average Bonchev–Trinajstić information content (AvgIpc) is 2.52. The Morgan fingerprint density at radius 3 is 2.69 bits per heavy atom. The number of hydrogen-bond donors (Lipinski definition) is 1. The molecule has 0 bridgehead atoms. The average molecular weight is 197 g/mol. The van der Waals surface area contributed by atoms with Crippen LogP contribution in [0.25, 0.3) is 0 Å². The minimum atomic E-state index is -0.0238. The van der Waals surface area contributed by atoms with E-state index in [1.807, 2.05) is 11.3 Å². The lowest BCUT2D eigenvalue weighted by atomic mass is 9.85. The summed E-state index contributed by atoms with van der Waals surface area (Å²) in [6, 6.07) is 4.28. The van der Waals surface area contributed by atoms with E-state index >= 15 is 0 Å². The van der Waals surface area contributed by atoms with Crippen LogP contribution >= 0.6 is 11.3 Å². The molecule has 0 radical (unpaired) electrons. The van der Waals surface area contributed by atoms with Gasteiger partial charge in [-0.05, 0) is 37.1 Å². The predicted molar refractivity (Wildman–Crippen MR) is 60.1 cm³/mol. The van der Waals surface area contributed by atoms with Crippen LogP contribution in [0.15, 0.2) is 17.5 Å². The fraction of sp³-hybridized carbons (Fsp3) is 0.636. The van der Waals surface area contributed by atoms with Gasteiger partial charge in [-0.2, -0.15) is 0 Å². The third-order valence-corrected chi connectivity index (χ3v) is 3.75. The molecule has 13 heavy (non-hydrogen) atoms. The van der Waals surface area contributed by atoms with Gasteiger partial charge in [-0.1, -0.05) is 19.9 Å². The lowest BCUT2D eigenvalue weighted by molar-refractivity contribution is 0.318. The van der Waals surface area contributed by atoms with E-state index in [-0.39, 0.29) is 5.54 Å². The molecule has 1 aromatic heterocycles. The first-order valence-electron chi connectivity index (χ1n) is 4.83. The SMILES string of the molecule is CC(C)C(C)(N)CCc1cccs1. The fourth-order valence-electron chi connectivity index (χ4n) is 1.14. The highest BCUT2D eigenvalue weighted by molar-refractivity contribution is 7.09. The van der Waals surface area contributed by atoms with Crippen LogP contribution in [0.4, 0.5) is 0 Å². The summed E-state index contributed by atoms with van der Waals surface area (Å²) in [6.45, 7) is 6.52. The van der Waals surface area contributed by atoms with Crippen LogP contribution in [0.5, 0.6) is 0 Å². The van der Waals surface area contributed by atoms with Crippen LogP contribution in [0, 0.1) is 5.92 Å². The summed E-state index contributed by atoms with van der Waals surface area (Å²) in [5, 5.41) is 2.12. The molecule has 0 fully saturated rings. The Labute approximate surface area is 85.0 Å². The predicted octanol–water partition coefficient (Wildman–Crippen LogP) is 3.05. The van der Waals surface area contributed by atoms with E-state index < -0.39 is 0 Å². The molecule has 0 aliphatic rings. The molecule has 2 heteroatoms. The third-order valence-electron chi connectivity index (χ3n) is 2.81. The zero-order valence-corrected chi connectivity index (χ0v) is 9.53. The highest BCUT2D eigenvalue weighted by atomic mass is 32.1. The standard InChI is InChI=1S/C11H19NS/c1-9(2)11(3,12)7-6-10-5-4-8-13-10/h4-5,8-9H,6-7,12H2,1-3H3. The summed E-state index contributed by atoms with van der Waals surface area (Å²) in [5.74, 6) is 0.549. The molecule has 0 aromatic carbocycles. The maximum absolute atomic E-state index is 6.18. The van der Waals surface area contributed by atoms with Crippen molar-refractivity contribution in [3.05, 3.63) is 22.4 Å². The monoisotopic (exact) mass is 197 g/mol. The summed E-state index contributed by atoms with van der Waals surface area (Å²) in [5.41, 5.74) is 6.16. The second kappa shape index (κ2) is 4.25. The molecule has 74 valence electrons. The number of thiophene rings is 1. The van der Waals surface area contributed by atoms with Gasteiger partial charge >= 0.3 is 0 Å². The van der Waals surface area contributed by atoms with Gasteiger partial charge in [0.15, 0.2) is 0 Å². The van der Waals surface area contributed by atoms with E-state index in [0.717, 1.165) is 12.8 Å². The van der Waals surface area contributed by atoms with Crippen molar-refractivity contribution in [2.45, 2.75) is 39.2 Å². The molecule has 0 aliphatic carbocycles. The van der Waals surface area contributed by atoms with Crippen molar-refractivity contribution in [1.29, 1.82) is 0 Å². The number of hydrogen-bond acceptors (Lipinski definition) is 2. The van der Waals surface area contributed by atoms with E-state index in [1.165, 1.54) is 4.88 Å². The quantitative estimate of drug-likeness (QED) is 0.789. The molecule has 0 amide bonds. The first-order chi connectivity index (χ1) is 6.02. The lowest BCUT2D eigenvalue weighted by Crippen LogP contribution is -2.42. The highest BCUT2D eigenvalue weighted by Crippen LogP contribution is 2.21. The molecule has 1 heterocycles. The van der Waals surface area contributed by atoms with Crippen LogP contribution in [-0.4, -0.2) is 5.54 Å². The number of nitrogens with two attached hydrogens (primary N) is 1. The Morgan fingerprint density at radius 2 is 2.23 bits per heavy atom. The molecule has 2 N–H and O–H groups in total. The maximum atomic E-state index is 6.18. The van der Waals surface area contributed by atoms with Crippen molar-refractivity contribution in [1.82, 2.24) is 0 Å². The molecule has 1 atom stereocenters. The van der Waals surface area contributed by atoms with E-state index in [9.17, 15) is 0 Å². The van der Waals surface area contributed by atoms with Crippen LogP contribution in [0.1, 0.15) is 32.1 Å². The van der Waals surface area contributed by atoms with Gasteiger partial charge in [0.05, 0.1) is 0 Å². The molecule has 0 saturated carbocycles. The zero-order valence-electron chi connectivity index (χ0n) is 8.71. The first kappa shape index (κ1) is 10.7. The largest absolute Gasteiger partial charge is 0.325 e. The minimum Gasteiger partial charge on any atom is -0.325 e. The van der Waals surface area contributed by atoms with E-state index in [2.05, 4.69) is 38.3 Å². The molecule has 0 saturated heterocycles. The van der Waals surface area contributed by atoms with Gasteiger partial charge < -0.3 is 5.73 Å². The summed E-state index contributed by atoms with van der Waals surface area (Å²) < 4.78 is 0. The Bertz CT molecular complexity index is 237. The second-order valence-corrected chi connectivity index (χ2v) is 5.27. The second-order valence-electron chi connectivity index (χ2n) is 4.24. The summed E-state index contributed by atoms with van der Waals surface area (Å²) in [6.07, 6.45) is 2.19. The summed E-state index contributed by atoms with van der Waals surface area (Å²) in [7, 11) is 0. The van der Waals surface area contributed by atoms with Crippen molar-refractivity contribution in [2.75, 3.05) is 0 Å². The van der Waals surface area contributed by atoms with E-state index in [4.69, 9.17) is 5.73 Å². The lowest BCUT2D eigenvalue weighted by Gasteiger charge is -2.28. The Hall–Kier alpha value is -0.340. The Morgan fingerprint density at radius 1 is 1.54 bits per heavy atom. The Kier molecular flexibility index (Phi) is 3.51. The molecular weight excluding hydrogens is 178 g/mol. The van der Waals surface area contributed by atoms with Gasteiger partial charge in [-0.3, -0.25) is 0 Å².